The lowest BCUT2D eigenvalue weighted by molar-refractivity contribution is 0.0951. The molecular weight excluding hydrogens is 435 g/mol. The lowest BCUT2D eigenvalue weighted by atomic mass is 10.1. The Morgan fingerprint density at radius 2 is 1.69 bits per heavy atom. The Morgan fingerprint density at radius 1 is 0.938 bits per heavy atom. The summed E-state index contributed by atoms with van der Waals surface area (Å²) in [6, 6.07) is 16.4. The molecule has 1 heterocycles. The first-order chi connectivity index (χ1) is 15.4. The minimum absolute atomic E-state index is 0.0212. The Hall–Kier alpha value is -3.59. The number of hydrogen-bond acceptors (Lipinski definition) is 5. The Balaban J connectivity index is 1.46. The highest BCUT2D eigenvalue weighted by molar-refractivity contribution is 7.92. The molecule has 0 saturated heterocycles. The van der Waals surface area contributed by atoms with Crippen molar-refractivity contribution >= 4 is 21.6 Å². The zero-order chi connectivity index (χ0) is 22.6. The van der Waals surface area contributed by atoms with Crippen molar-refractivity contribution in [2.24, 2.45) is 0 Å². The van der Waals surface area contributed by atoms with Gasteiger partial charge in [0.2, 0.25) is 0 Å². The van der Waals surface area contributed by atoms with Crippen molar-refractivity contribution in [3.8, 4) is 11.5 Å². The highest BCUT2D eigenvalue weighted by Crippen LogP contribution is 2.32. The van der Waals surface area contributed by atoms with Crippen LogP contribution in [-0.2, 0) is 16.6 Å². The molecule has 9 heteroatoms. The highest BCUT2D eigenvalue weighted by atomic mass is 32.2. The second kappa shape index (κ2) is 9.27. The second-order valence-electron chi connectivity index (χ2n) is 7.15. The lowest BCUT2D eigenvalue weighted by Crippen LogP contribution is -2.23. The van der Waals surface area contributed by atoms with Crippen LogP contribution in [-0.4, -0.2) is 27.5 Å². The number of halogens is 1. The second-order valence-corrected chi connectivity index (χ2v) is 8.84. The van der Waals surface area contributed by atoms with E-state index in [9.17, 15) is 17.6 Å². The fourth-order valence-electron chi connectivity index (χ4n) is 3.14. The van der Waals surface area contributed by atoms with Gasteiger partial charge in [-0.15, -0.1) is 0 Å². The normalized spacial score (nSPS) is 13.2. The summed E-state index contributed by atoms with van der Waals surface area (Å²) in [5.74, 6) is 0.139. The summed E-state index contributed by atoms with van der Waals surface area (Å²) in [6.07, 6.45) is 0.713. The van der Waals surface area contributed by atoms with E-state index >= 15 is 0 Å². The predicted octanol–water partition coefficient (Wildman–Crippen LogP) is 3.72. The molecule has 4 rings (SSSR count). The van der Waals surface area contributed by atoms with Crippen molar-refractivity contribution in [3.63, 3.8) is 0 Å². The summed E-state index contributed by atoms with van der Waals surface area (Å²) in [4.78, 5) is 12.5. The summed E-state index contributed by atoms with van der Waals surface area (Å²) in [5, 5.41) is 2.73. The highest BCUT2D eigenvalue weighted by Gasteiger charge is 2.19. The van der Waals surface area contributed by atoms with Crippen LogP contribution in [0, 0.1) is 5.82 Å². The number of rotatable bonds is 6. The molecule has 0 aliphatic carbocycles. The zero-order valence-electron chi connectivity index (χ0n) is 17.0. The van der Waals surface area contributed by atoms with Gasteiger partial charge in [-0.05, 0) is 48.0 Å². The predicted molar refractivity (Wildman–Crippen MR) is 117 cm³/mol. The topological polar surface area (TPSA) is 93.7 Å². The van der Waals surface area contributed by atoms with Crippen LogP contribution in [0.15, 0.2) is 71.6 Å². The average molecular weight is 456 g/mol. The summed E-state index contributed by atoms with van der Waals surface area (Å²) >= 11 is 0. The third-order valence-electron chi connectivity index (χ3n) is 4.77. The molecule has 166 valence electrons. The molecule has 0 fully saturated rings. The Labute approximate surface area is 185 Å². The smallest absolute Gasteiger partial charge is 0.262 e. The number of nitrogens with one attached hydrogen (secondary N) is 2. The van der Waals surface area contributed by atoms with Gasteiger partial charge in [0.15, 0.2) is 11.5 Å². The quantitative estimate of drug-likeness (QED) is 0.590. The van der Waals surface area contributed by atoms with E-state index in [1.54, 1.807) is 36.4 Å². The van der Waals surface area contributed by atoms with E-state index in [2.05, 4.69) is 10.0 Å². The van der Waals surface area contributed by atoms with Crippen LogP contribution in [0.1, 0.15) is 22.3 Å². The SMILES string of the molecule is O=C(NCc1ccc(F)cc1)c1cccc(NS(=O)(=O)c2ccc3c(c2)OCCCO3)c1. The minimum Gasteiger partial charge on any atom is -0.490 e. The zero-order valence-corrected chi connectivity index (χ0v) is 17.8. The Morgan fingerprint density at radius 3 is 2.47 bits per heavy atom. The van der Waals surface area contributed by atoms with Gasteiger partial charge in [-0.1, -0.05) is 18.2 Å². The van der Waals surface area contributed by atoms with E-state index in [4.69, 9.17) is 9.47 Å². The molecule has 0 spiro atoms. The van der Waals surface area contributed by atoms with Gasteiger partial charge in [-0.2, -0.15) is 0 Å². The van der Waals surface area contributed by atoms with Crippen molar-refractivity contribution < 1.29 is 27.1 Å². The van der Waals surface area contributed by atoms with E-state index < -0.39 is 10.0 Å². The third kappa shape index (κ3) is 5.17. The van der Waals surface area contributed by atoms with E-state index in [0.29, 0.717) is 31.1 Å². The van der Waals surface area contributed by atoms with Gasteiger partial charge >= 0.3 is 0 Å². The summed E-state index contributed by atoms with van der Waals surface area (Å²) in [7, 11) is -3.91. The van der Waals surface area contributed by atoms with Gasteiger partial charge in [-0.3, -0.25) is 9.52 Å². The number of fused-ring (bicyclic) bond motifs is 1. The molecule has 0 bridgehead atoms. The van der Waals surface area contributed by atoms with E-state index in [1.165, 1.54) is 30.3 Å². The lowest BCUT2D eigenvalue weighted by Gasteiger charge is -2.12. The number of sulfonamides is 1. The molecule has 32 heavy (non-hydrogen) atoms. The first kappa shape index (κ1) is 21.6. The number of carbonyl (C=O) groups excluding carboxylic acids is 1. The van der Waals surface area contributed by atoms with Crippen LogP contribution in [0.3, 0.4) is 0 Å². The molecule has 2 N–H and O–H groups in total. The standard InChI is InChI=1S/C23H21FN2O5S/c24-18-7-5-16(6-8-18)15-25-23(27)17-3-1-4-19(13-17)26-32(28,29)20-9-10-21-22(14-20)31-12-2-11-30-21/h1,3-10,13-14,26H,2,11-12,15H2,(H,25,27). The van der Waals surface area contributed by atoms with Crippen molar-refractivity contribution in [3.05, 3.63) is 83.7 Å². The molecule has 0 saturated carbocycles. The van der Waals surface area contributed by atoms with Gasteiger partial charge in [-0.25, -0.2) is 12.8 Å². The van der Waals surface area contributed by atoms with Gasteiger partial charge in [0.05, 0.1) is 18.1 Å². The summed E-state index contributed by atoms with van der Waals surface area (Å²) in [5.41, 5.74) is 1.27. The van der Waals surface area contributed by atoms with E-state index in [-0.39, 0.29) is 34.4 Å². The Kier molecular flexibility index (Phi) is 6.27. The monoisotopic (exact) mass is 456 g/mol. The number of carbonyl (C=O) groups is 1. The first-order valence-corrected chi connectivity index (χ1v) is 11.4. The van der Waals surface area contributed by atoms with Crippen LogP contribution in [0.25, 0.3) is 0 Å². The van der Waals surface area contributed by atoms with Gasteiger partial charge in [0.25, 0.3) is 15.9 Å². The molecule has 3 aromatic carbocycles. The summed E-state index contributed by atoms with van der Waals surface area (Å²) in [6.45, 7) is 1.17. The molecule has 0 unspecified atom stereocenters. The molecule has 3 aromatic rings. The summed E-state index contributed by atoms with van der Waals surface area (Å²) < 4.78 is 52.3. The van der Waals surface area contributed by atoms with Gasteiger partial charge in [0.1, 0.15) is 5.82 Å². The number of hydrogen-bond donors (Lipinski definition) is 2. The first-order valence-electron chi connectivity index (χ1n) is 9.96. The maximum Gasteiger partial charge on any atom is 0.262 e. The van der Waals surface area contributed by atoms with Crippen molar-refractivity contribution in [2.75, 3.05) is 17.9 Å². The number of benzene rings is 3. The van der Waals surface area contributed by atoms with Crippen molar-refractivity contribution in [1.29, 1.82) is 0 Å². The molecule has 0 radical (unpaired) electrons. The molecule has 0 atom stereocenters. The van der Waals surface area contributed by atoms with Crippen LogP contribution >= 0.6 is 0 Å². The van der Waals surface area contributed by atoms with Crippen molar-refractivity contribution in [2.45, 2.75) is 17.9 Å². The molecule has 0 aromatic heterocycles. The maximum absolute atomic E-state index is 13.0. The fourth-order valence-corrected chi connectivity index (χ4v) is 4.20. The van der Waals surface area contributed by atoms with Crippen LogP contribution < -0.4 is 19.5 Å². The molecule has 1 aliphatic rings. The van der Waals surface area contributed by atoms with Gasteiger partial charge in [0, 0.05) is 30.3 Å². The maximum atomic E-state index is 13.0. The Bertz CT molecular complexity index is 1230. The molecular formula is C23H21FN2O5S. The number of anilines is 1. The van der Waals surface area contributed by atoms with Crippen molar-refractivity contribution in [1.82, 2.24) is 5.32 Å². The van der Waals surface area contributed by atoms with E-state index in [1.807, 2.05) is 0 Å². The van der Waals surface area contributed by atoms with E-state index in [0.717, 1.165) is 5.56 Å². The number of ether oxygens (including phenoxy) is 2. The van der Waals surface area contributed by atoms with Crippen LogP contribution in [0.2, 0.25) is 0 Å². The van der Waals surface area contributed by atoms with Gasteiger partial charge < -0.3 is 14.8 Å². The largest absolute Gasteiger partial charge is 0.490 e. The van der Waals surface area contributed by atoms with Crippen LogP contribution in [0.5, 0.6) is 11.5 Å². The molecule has 1 amide bonds. The fraction of sp³-hybridized carbons (Fsp3) is 0.174. The number of amides is 1. The molecule has 1 aliphatic heterocycles. The molecule has 7 nitrogen and oxygen atoms in total. The van der Waals surface area contributed by atoms with Crippen LogP contribution in [0.4, 0.5) is 10.1 Å². The third-order valence-corrected chi connectivity index (χ3v) is 6.15. The average Bonchev–Trinajstić information content (AvgIpc) is 3.03. The minimum atomic E-state index is -3.91.